The number of nitrogens with one attached hydrogen (secondary N) is 1. The van der Waals surface area contributed by atoms with Crippen LogP contribution in [0.2, 0.25) is 0 Å². The first-order chi connectivity index (χ1) is 9.91. The number of carbonyl (C=O) groups excluding carboxylic acids is 1. The van der Waals surface area contributed by atoms with Gasteiger partial charge in [-0.2, -0.15) is 4.98 Å². The minimum atomic E-state index is -0.453. The Balaban J connectivity index is 2.10. The largest absolute Gasteiger partial charge is 0.496 e. The van der Waals surface area contributed by atoms with E-state index >= 15 is 0 Å². The van der Waals surface area contributed by atoms with Crippen LogP contribution in [0.1, 0.15) is 26.7 Å². The van der Waals surface area contributed by atoms with Crippen molar-refractivity contribution in [2.75, 3.05) is 7.11 Å². The summed E-state index contributed by atoms with van der Waals surface area (Å²) < 4.78 is 10.4. The van der Waals surface area contributed by atoms with Gasteiger partial charge in [-0.05, 0) is 12.1 Å². The van der Waals surface area contributed by atoms with E-state index in [1.807, 2.05) is 45.0 Å². The third-order valence-corrected chi connectivity index (χ3v) is 2.90. The summed E-state index contributed by atoms with van der Waals surface area (Å²) in [5.74, 6) is 1.39. The van der Waals surface area contributed by atoms with Gasteiger partial charge in [0, 0.05) is 5.41 Å². The van der Waals surface area contributed by atoms with Crippen LogP contribution in [-0.4, -0.2) is 23.2 Å². The summed E-state index contributed by atoms with van der Waals surface area (Å²) in [7, 11) is 1.59. The molecule has 21 heavy (non-hydrogen) atoms. The number of ether oxygens (including phenoxy) is 1. The average molecular weight is 289 g/mol. The molecule has 0 saturated carbocycles. The number of hydrogen-bond donors (Lipinski definition) is 1. The first-order valence-corrected chi connectivity index (χ1v) is 6.66. The van der Waals surface area contributed by atoms with Gasteiger partial charge >= 0.3 is 0 Å². The Morgan fingerprint density at radius 2 is 2.05 bits per heavy atom. The van der Waals surface area contributed by atoms with Gasteiger partial charge in [0.1, 0.15) is 5.75 Å². The number of carbonyl (C=O) groups is 1. The zero-order valence-corrected chi connectivity index (χ0v) is 12.6. The van der Waals surface area contributed by atoms with Crippen LogP contribution in [-0.2, 0) is 11.3 Å². The number of rotatable bonds is 4. The van der Waals surface area contributed by atoms with Crippen LogP contribution < -0.4 is 10.1 Å². The van der Waals surface area contributed by atoms with Gasteiger partial charge in [-0.3, -0.25) is 4.79 Å². The van der Waals surface area contributed by atoms with E-state index in [2.05, 4.69) is 15.5 Å². The fourth-order valence-electron chi connectivity index (χ4n) is 1.69. The fourth-order valence-corrected chi connectivity index (χ4v) is 1.69. The molecule has 1 aromatic heterocycles. The normalized spacial score (nSPS) is 11.2. The fraction of sp³-hybridized carbons (Fsp3) is 0.400. The summed E-state index contributed by atoms with van der Waals surface area (Å²) in [5.41, 5.74) is 0.294. The van der Waals surface area contributed by atoms with Crippen molar-refractivity contribution >= 4 is 5.91 Å². The van der Waals surface area contributed by atoms with Gasteiger partial charge in [0.2, 0.25) is 17.6 Å². The highest BCUT2D eigenvalue weighted by Crippen LogP contribution is 2.27. The van der Waals surface area contributed by atoms with Gasteiger partial charge < -0.3 is 14.6 Å². The molecule has 6 heteroatoms. The molecule has 6 nitrogen and oxygen atoms in total. The molecule has 0 aliphatic carbocycles. The molecule has 2 rings (SSSR count). The molecule has 0 aliphatic heterocycles. The lowest BCUT2D eigenvalue weighted by Crippen LogP contribution is -2.34. The number of hydrogen-bond acceptors (Lipinski definition) is 5. The van der Waals surface area contributed by atoms with Crippen molar-refractivity contribution in [2.45, 2.75) is 27.3 Å². The molecule has 0 fully saturated rings. The molecule has 0 aliphatic rings. The van der Waals surface area contributed by atoms with Crippen molar-refractivity contribution in [1.82, 2.24) is 15.5 Å². The summed E-state index contributed by atoms with van der Waals surface area (Å²) in [6, 6.07) is 7.41. The second kappa shape index (κ2) is 5.95. The van der Waals surface area contributed by atoms with Crippen LogP contribution in [0.4, 0.5) is 0 Å². The highest BCUT2D eigenvalue weighted by molar-refractivity contribution is 5.81. The minimum Gasteiger partial charge on any atom is -0.496 e. The van der Waals surface area contributed by atoms with E-state index in [1.54, 1.807) is 7.11 Å². The van der Waals surface area contributed by atoms with Crippen molar-refractivity contribution in [3.63, 3.8) is 0 Å². The van der Waals surface area contributed by atoms with Crippen LogP contribution in [0.25, 0.3) is 11.4 Å². The van der Waals surface area contributed by atoms with Crippen molar-refractivity contribution in [3.05, 3.63) is 30.2 Å². The zero-order chi connectivity index (χ0) is 15.5. The smallest absolute Gasteiger partial charge is 0.246 e. The van der Waals surface area contributed by atoms with Gasteiger partial charge in [-0.15, -0.1) is 0 Å². The molecule has 2 aromatic rings. The summed E-state index contributed by atoms with van der Waals surface area (Å²) in [5, 5.41) is 6.68. The van der Waals surface area contributed by atoms with Crippen molar-refractivity contribution in [2.24, 2.45) is 5.41 Å². The Kier molecular flexibility index (Phi) is 4.26. The van der Waals surface area contributed by atoms with Crippen LogP contribution >= 0.6 is 0 Å². The second-order valence-electron chi connectivity index (χ2n) is 5.64. The summed E-state index contributed by atoms with van der Waals surface area (Å²) >= 11 is 0. The lowest BCUT2D eigenvalue weighted by Gasteiger charge is -2.16. The third-order valence-electron chi connectivity index (χ3n) is 2.90. The van der Waals surface area contributed by atoms with Gasteiger partial charge in [0.25, 0.3) is 0 Å². The maximum Gasteiger partial charge on any atom is 0.246 e. The third kappa shape index (κ3) is 3.59. The predicted octanol–water partition coefficient (Wildman–Crippen LogP) is 2.41. The maximum absolute atomic E-state index is 11.8. The molecule has 1 heterocycles. The Bertz CT molecular complexity index is 629. The Hall–Kier alpha value is -2.37. The summed E-state index contributed by atoms with van der Waals surface area (Å²) in [6.45, 7) is 5.74. The molecule has 1 aromatic carbocycles. The van der Waals surface area contributed by atoms with E-state index in [4.69, 9.17) is 9.26 Å². The van der Waals surface area contributed by atoms with Gasteiger partial charge in [0.05, 0.1) is 19.2 Å². The maximum atomic E-state index is 11.8. The van der Waals surface area contributed by atoms with E-state index in [0.717, 1.165) is 5.56 Å². The quantitative estimate of drug-likeness (QED) is 0.935. The Morgan fingerprint density at radius 3 is 2.71 bits per heavy atom. The lowest BCUT2D eigenvalue weighted by molar-refractivity contribution is -0.128. The molecule has 0 spiro atoms. The van der Waals surface area contributed by atoms with Crippen LogP contribution in [0.3, 0.4) is 0 Å². The molecule has 0 unspecified atom stereocenters. The molecule has 0 radical (unpaired) electrons. The van der Waals surface area contributed by atoms with E-state index in [-0.39, 0.29) is 12.5 Å². The highest BCUT2D eigenvalue weighted by atomic mass is 16.5. The molecule has 0 atom stereocenters. The van der Waals surface area contributed by atoms with E-state index < -0.39 is 5.41 Å². The lowest BCUT2D eigenvalue weighted by atomic mass is 9.96. The highest BCUT2D eigenvalue weighted by Gasteiger charge is 2.21. The van der Waals surface area contributed by atoms with E-state index in [0.29, 0.717) is 17.5 Å². The summed E-state index contributed by atoms with van der Waals surface area (Å²) in [4.78, 5) is 16.1. The molecule has 0 saturated heterocycles. The zero-order valence-electron chi connectivity index (χ0n) is 12.6. The SMILES string of the molecule is COc1ccccc1-c1noc(CNC(=O)C(C)(C)C)n1. The standard InChI is InChI=1S/C15H19N3O3/c1-15(2,3)14(19)16-9-12-17-13(18-21-12)10-7-5-6-8-11(10)20-4/h5-8H,9H2,1-4H3,(H,16,19). The number of para-hydroxylation sites is 1. The average Bonchev–Trinajstić information content (AvgIpc) is 2.92. The molecule has 0 bridgehead atoms. The second-order valence-corrected chi connectivity index (χ2v) is 5.64. The van der Waals surface area contributed by atoms with Crippen LogP contribution in [0.15, 0.2) is 28.8 Å². The molecular formula is C15H19N3O3. The number of methoxy groups -OCH3 is 1. The Morgan fingerprint density at radius 1 is 1.33 bits per heavy atom. The number of amides is 1. The van der Waals surface area contributed by atoms with Crippen molar-refractivity contribution in [1.29, 1.82) is 0 Å². The topological polar surface area (TPSA) is 77.3 Å². The Labute approximate surface area is 123 Å². The van der Waals surface area contributed by atoms with Crippen molar-refractivity contribution < 1.29 is 14.1 Å². The number of aromatic nitrogens is 2. The predicted molar refractivity (Wildman–Crippen MR) is 77.6 cm³/mol. The van der Waals surface area contributed by atoms with E-state index in [9.17, 15) is 4.79 Å². The van der Waals surface area contributed by atoms with E-state index in [1.165, 1.54) is 0 Å². The number of benzene rings is 1. The minimum absolute atomic E-state index is 0.0699. The van der Waals surface area contributed by atoms with Gasteiger partial charge in [0.15, 0.2) is 0 Å². The van der Waals surface area contributed by atoms with Crippen LogP contribution in [0.5, 0.6) is 5.75 Å². The molecule has 1 amide bonds. The van der Waals surface area contributed by atoms with Gasteiger partial charge in [-0.1, -0.05) is 38.1 Å². The molecule has 1 N–H and O–H groups in total. The molecular weight excluding hydrogens is 270 g/mol. The first kappa shape index (κ1) is 15.0. The van der Waals surface area contributed by atoms with Crippen LogP contribution in [0, 0.1) is 5.41 Å². The van der Waals surface area contributed by atoms with Gasteiger partial charge in [-0.25, -0.2) is 0 Å². The number of nitrogens with zero attached hydrogens (tertiary/aromatic N) is 2. The monoisotopic (exact) mass is 289 g/mol. The molecule has 112 valence electrons. The first-order valence-electron chi connectivity index (χ1n) is 6.66. The van der Waals surface area contributed by atoms with Crippen molar-refractivity contribution in [3.8, 4) is 17.1 Å². The summed E-state index contributed by atoms with van der Waals surface area (Å²) in [6.07, 6.45) is 0.